The molecule has 1 aliphatic rings. The van der Waals surface area contributed by atoms with Gasteiger partial charge >= 0.3 is 0 Å². The first-order valence-electron chi connectivity index (χ1n) is 6.96. The van der Waals surface area contributed by atoms with Gasteiger partial charge in [0.2, 0.25) is 5.91 Å². The lowest BCUT2D eigenvalue weighted by molar-refractivity contribution is -0.127. The van der Waals surface area contributed by atoms with E-state index in [2.05, 4.69) is 16.4 Å². The topological polar surface area (TPSA) is 70.7 Å². The number of nitrogens with two attached hydrogens (primary N) is 1. The van der Waals surface area contributed by atoms with Gasteiger partial charge in [0.25, 0.3) is 0 Å². The zero-order valence-electron chi connectivity index (χ0n) is 12.6. The number of halogens is 1. The Balaban J connectivity index is 0.00000220. The second kappa shape index (κ2) is 8.21. The molecule has 1 amide bonds. The van der Waals surface area contributed by atoms with Crippen molar-refractivity contribution in [1.82, 2.24) is 4.90 Å². The lowest BCUT2D eigenvalue weighted by Crippen LogP contribution is -2.28. The minimum absolute atomic E-state index is 0. The number of guanidine groups is 1. The second-order valence-corrected chi connectivity index (χ2v) is 5.26. The molecule has 0 unspecified atom stereocenters. The van der Waals surface area contributed by atoms with Crippen molar-refractivity contribution in [2.45, 2.75) is 25.7 Å². The molecule has 0 radical (unpaired) electrons. The number of nitrogens with one attached hydrogen (secondary N) is 1. The van der Waals surface area contributed by atoms with Crippen LogP contribution < -0.4 is 11.1 Å². The third-order valence-electron chi connectivity index (χ3n) is 3.54. The fourth-order valence-corrected chi connectivity index (χ4v) is 2.37. The molecule has 0 atom stereocenters. The van der Waals surface area contributed by atoms with Crippen molar-refractivity contribution < 1.29 is 4.79 Å². The normalized spacial score (nSPS) is 13.9. The Morgan fingerprint density at radius 2 is 2.05 bits per heavy atom. The van der Waals surface area contributed by atoms with E-state index in [9.17, 15) is 4.79 Å². The minimum Gasteiger partial charge on any atom is -0.370 e. The van der Waals surface area contributed by atoms with E-state index >= 15 is 0 Å². The molecule has 5 nitrogen and oxygen atoms in total. The van der Waals surface area contributed by atoms with Crippen molar-refractivity contribution in [2.75, 3.05) is 26.0 Å². The summed E-state index contributed by atoms with van der Waals surface area (Å²) in [4.78, 5) is 17.1. The number of aliphatic imine (C=N–C) groups is 1. The first-order chi connectivity index (χ1) is 9.58. The molecule has 0 fully saturated rings. The molecule has 21 heavy (non-hydrogen) atoms. The number of hydrogen-bond acceptors (Lipinski definition) is 2. The first-order valence-corrected chi connectivity index (χ1v) is 6.96. The Hall–Kier alpha value is -1.31. The quantitative estimate of drug-likeness (QED) is 0.462. The van der Waals surface area contributed by atoms with Crippen LogP contribution in [0.3, 0.4) is 0 Å². The second-order valence-electron chi connectivity index (χ2n) is 5.26. The Bertz CT molecular complexity index is 528. The van der Waals surface area contributed by atoms with Crippen LogP contribution >= 0.6 is 24.0 Å². The van der Waals surface area contributed by atoms with E-state index < -0.39 is 0 Å². The summed E-state index contributed by atoms with van der Waals surface area (Å²) in [6, 6.07) is 6.22. The first kappa shape index (κ1) is 17.7. The molecule has 0 spiro atoms. The van der Waals surface area contributed by atoms with E-state index in [0.717, 1.165) is 18.5 Å². The average Bonchev–Trinajstić information content (AvgIpc) is 2.45. The van der Waals surface area contributed by atoms with E-state index in [4.69, 9.17) is 5.73 Å². The summed E-state index contributed by atoms with van der Waals surface area (Å²) < 4.78 is 0. The number of fused-ring (bicyclic) bond motifs is 1. The highest BCUT2D eigenvalue weighted by Crippen LogP contribution is 2.27. The molecular formula is C15H23IN4O. The third kappa shape index (κ3) is 4.87. The van der Waals surface area contributed by atoms with Crippen molar-refractivity contribution in [3.8, 4) is 0 Å². The molecule has 0 saturated heterocycles. The highest BCUT2D eigenvalue weighted by molar-refractivity contribution is 14.0. The molecule has 0 bridgehead atoms. The predicted molar refractivity (Wildman–Crippen MR) is 97.3 cm³/mol. The Morgan fingerprint density at radius 1 is 1.33 bits per heavy atom. The number of rotatable bonds is 3. The number of hydrogen-bond donors (Lipinski definition) is 2. The van der Waals surface area contributed by atoms with Crippen LogP contribution in [0.4, 0.5) is 5.69 Å². The van der Waals surface area contributed by atoms with Crippen LogP contribution in [0.5, 0.6) is 0 Å². The van der Waals surface area contributed by atoms with Gasteiger partial charge in [0.15, 0.2) is 5.96 Å². The summed E-state index contributed by atoms with van der Waals surface area (Å²) in [6.45, 7) is 0.0703. The molecule has 1 aromatic carbocycles. The Morgan fingerprint density at radius 3 is 2.76 bits per heavy atom. The molecule has 0 heterocycles. The van der Waals surface area contributed by atoms with Gasteiger partial charge in [-0.15, -0.1) is 24.0 Å². The SMILES string of the molecule is CN(C)C(=O)CN=C(N)Nc1cccc2c1CCCC2.I. The molecule has 116 valence electrons. The minimum atomic E-state index is -0.0650. The number of carbonyl (C=O) groups is 1. The van der Waals surface area contributed by atoms with Crippen LogP contribution in [-0.2, 0) is 17.6 Å². The van der Waals surface area contributed by atoms with Gasteiger partial charge in [0.05, 0.1) is 0 Å². The number of aryl methyl sites for hydroxylation is 1. The lowest BCUT2D eigenvalue weighted by atomic mass is 9.90. The lowest BCUT2D eigenvalue weighted by Gasteiger charge is -2.19. The van der Waals surface area contributed by atoms with Gasteiger partial charge in [-0.2, -0.15) is 0 Å². The highest BCUT2D eigenvalue weighted by atomic mass is 127. The van der Waals surface area contributed by atoms with Crippen LogP contribution in [0, 0.1) is 0 Å². The predicted octanol–water partition coefficient (Wildman–Crippen LogP) is 2.00. The summed E-state index contributed by atoms with van der Waals surface area (Å²) in [7, 11) is 3.41. The summed E-state index contributed by atoms with van der Waals surface area (Å²) >= 11 is 0. The van der Waals surface area contributed by atoms with Crippen molar-refractivity contribution in [2.24, 2.45) is 10.7 Å². The van der Waals surface area contributed by atoms with Gasteiger partial charge in [0, 0.05) is 19.8 Å². The molecule has 3 N–H and O–H groups in total. The maximum Gasteiger partial charge on any atom is 0.243 e. The zero-order chi connectivity index (χ0) is 14.5. The smallest absolute Gasteiger partial charge is 0.243 e. The molecule has 1 aromatic rings. The van der Waals surface area contributed by atoms with Crippen molar-refractivity contribution in [3.05, 3.63) is 29.3 Å². The Kier molecular flexibility index (Phi) is 6.94. The van der Waals surface area contributed by atoms with E-state index in [1.807, 2.05) is 12.1 Å². The monoisotopic (exact) mass is 402 g/mol. The number of carbonyl (C=O) groups excluding carboxylic acids is 1. The van der Waals surface area contributed by atoms with Gasteiger partial charge in [-0.25, -0.2) is 4.99 Å². The molecule has 2 rings (SSSR count). The number of amides is 1. The fraction of sp³-hybridized carbons (Fsp3) is 0.467. The molecule has 0 aliphatic heterocycles. The number of anilines is 1. The molecule has 6 heteroatoms. The van der Waals surface area contributed by atoms with Gasteiger partial charge in [-0.05, 0) is 42.9 Å². The zero-order valence-corrected chi connectivity index (χ0v) is 14.9. The van der Waals surface area contributed by atoms with Gasteiger partial charge in [-0.1, -0.05) is 12.1 Å². The third-order valence-corrected chi connectivity index (χ3v) is 3.54. The number of likely N-dealkylation sites (N-methyl/N-ethyl adjacent to an activating group) is 1. The van der Waals surface area contributed by atoms with Gasteiger partial charge < -0.3 is 16.0 Å². The largest absolute Gasteiger partial charge is 0.370 e. The standard InChI is InChI=1S/C15H22N4O.HI/c1-19(2)14(20)10-17-15(16)18-13-9-5-7-11-6-3-4-8-12(11)13;/h5,7,9H,3-4,6,8,10H2,1-2H3,(H3,16,17,18);1H. The summed E-state index contributed by atoms with van der Waals surface area (Å²) in [5.41, 5.74) is 9.59. The van der Waals surface area contributed by atoms with Crippen LogP contribution in [0.2, 0.25) is 0 Å². The van der Waals surface area contributed by atoms with Gasteiger partial charge in [0.1, 0.15) is 6.54 Å². The van der Waals surface area contributed by atoms with E-state index in [1.165, 1.54) is 28.9 Å². The van der Waals surface area contributed by atoms with Crippen LogP contribution in [-0.4, -0.2) is 37.4 Å². The molecular weight excluding hydrogens is 379 g/mol. The van der Waals surface area contributed by atoms with Crippen LogP contribution in [0.25, 0.3) is 0 Å². The van der Waals surface area contributed by atoms with E-state index in [-0.39, 0.29) is 36.4 Å². The highest BCUT2D eigenvalue weighted by Gasteiger charge is 2.13. The van der Waals surface area contributed by atoms with Crippen LogP contribution in [0.15, 0.2) is 23.2 Å². The summed E-state index contributed by atoms with van der Waals surface area (Å²) in [5.74, 6) is 0.226. The average molecular weight is 402 g/mol. The number of nitrogens with zero attached hydrogens (tertiary/aromatic N) is 2. The van der Waals surface area contributed by atoms with Crippen LogP contribution in [0.1, 0.15) is 24.0 Å². The van der Waals surface area contributed by atoms with Crippen molar-refractivity contribution >= 4 is 41.5 Å². The molecule has 0 aromatic heterocycles. The fourth-order valence-electron chi connectivity index (χ4n) is 2.37. The summed E-state index contributed by atoms with van der Waals surface area (Å²) in [6.07, 6.45) is 4.66. The summed E-state index contributed by atoms with van der Waals surface area (Å²) in [5, 5.41) is 3.12. The molecule has 0 saturated carbocycles. The maximum atomic E-state index is 11.5. The van der Waals surface area contributed by atoms with Crippen molar-refractivity contribution in [1.29, 1.82) is 0 Å². The molecule has 1 aliphatic carbocycles. The van der Waals surface area contributed by atoms with Gasteiger partial charge in [-0.3, -0.25) is 4.79 Å². The van der Waals surface area contributed by atoms with E-state index in [1.54, 1.807) is 14.1 Å². The maximum absolute atomic E-state index is 11.5. The number of benzene rings is 1. The Labute approximate surface area is 143 Å². The van der Waals surface area contributed by atoms with E-state index in [0.29, 0.717) is 5.96 Å². The van der Waals surface area contributed by atoms with Crippen molar-refractivity contribution in [3.63, 3.8) is 0 Å².